The van der Waals surface area contributed by atoms with Gasteiger partial charge in [-0.3, -0.25) is 14.1 Å². The Morgan fingerprint density at radius 3 is 1.92 bits per heavy atom. The van der Waals surface area contributed by atoms with Gasteiger partial charge in [0.05, 0.1) is 0 Å². The molecule has 0 aliphatic rings. The molecule has 13 heavy (non-hydrogen) atoms. The van der Waals surface area contributed by atoms with Crippen molar-refractivity contribution >= 4 is 0 Å². The van der Waals surface area contributed by atoms with E-state index >= 15 is 0 Å². The molecule has 0 unspecified atom stereocenters. The van der Waals surface area contributed by atoms with Crippen LogP contribution >= 0.6 is 0 Å². The van der Waals surface area contributed by atoms with Crippen LogP contribution in [0.1, 0.15) is 12.8 Å². The molecule has 0 bridgehead atoms. The molecule has 0 atom stereocenters. The number of nitrogens with two attached hydrogens (primary N) is 1. The van der Waals surface area contributed by atoms with Crippen LogP contribution in [0.4, 0.5) is 14.1 Å². The summed E-state index contributed by atoms with van der Waals surface area (Å²) in [7, 11) is 1.97. The minimum absolute atomic E-state index is 0. The molecule has 0 aromatic rings. The van der Waals surface area contributed by atoms with E-state index in [1.807, 2.05) is 7.05 Å². The lowest BCUT2D eigenvalue weighted by Gasteiger charge is -2.01. The van der Waals surface area contributed by atoms with E-state index in [0.717, 1.165) is 32.6 Å². The average molecular weight is 205 g/mol. The first kappa shape index (κ1) is 23.0. The van der Waals surface area contributed by atoms with E-state index in [-0.39, 0.29) is 14.1 Å². The summed E-state index contributed by atoms with van der Waals surface area (Å²) < 4.78 is 0. The van der Waals surface area contributed by atoms with Crippen molar-refractivity contribution in [2.75, 3.05) is 33.2 Å². The van der Waals surface area contributed by atoms with E-state index in [0.29, 0.717) is 0 Å². The lowest BCUT2D eigenvalue weighted by atomic mass is 10.4. The monoisotopic (exact) mass is 205 g/mol. The van der Waals surface area contributed by atoms with Crippen LogP contribution in [0.2, 0.25) is 0 Å². The van der Waals surface area contributed by atoms with Gasteiger partial charge in [-0.1, -0.05) is 0 Å². The summed E-state index contributed by atoms with van der Waals surface area (Å²) in [6.45, 7) is 4.04. The summed E-state index contributed by atoms with van der Waals surface area (Å²) in [5.74, 6) is 0. The molecule has 0 saturated heterocycles. The minimum atomic E-state index is 0. The number of hydrogen-bond acceptors (Lipinski definition) is 3. The molecule has 0 heterocycles. The molecular formula is C7H22F3N3. The summed E-state index contributed by atoms with van der Waals surface area (Å²) in [5, 5.41) is 6.40. The third kappa shape index (κ3) is 24.5. The maximum absolute atomic E-state index is 5.32. The van der Waals surface area contributed by atoms with Crippen molar-refractivity contribution in [3.05, 3.63) is 0 Å². The Labute approximate surface area is 77.6 Å². The van der Waals surface area contributed by atoms with Crippen molar-refractivity contribution in [1.82, 2.24) is 10.6 Å². The molecule has 0 aromatic carbocycles. The zero-order valence-electron chi connectivity index (χ0n) is 8.04. The highest BCUT2D eigenvalue weighted by Crippen LogP contribution is 1.73. The van der Waals surface area contributed by atoms with Gasteiger partial charge in [0.25, 0.3) is 0 Å². The lowest BCUT2D eigenvalue weighted by Crippen LogP contribution is -2.22. The maximum Gasteiger partial charge on any atom is -0.00368 e. The lowest BCUT2D eigenvalue weighted by molar-refractivity contribution is 0.610. The van der Waals surface area contributed by atoms with Crippen LogP contribution in [-0.4, -0.2) is 33.2 Å². The highest BCUT2D eigenvalue weighted by molar-refractivity contribution is 4.49. The van der Waals surface area contributed by atoms with Crippen LogP contribution in [0.3, 0.4) is 0 Å². The van der Waals surface area contributed by atoms with Crippen LogP contribution in [0.25, 0.3) is 0 Å². The van der Waals surface area contributed by atoms with Crippen molar-refractivity contribution in [2.45, 2.75) is 12.8 Å². The fraction of sp³-hybridized carbons (Fsp3) is 1.00. The molecule has 0 saturated carbocycles. The predicted molar refractivity (Wildman–Crippen MR) is 52.6 cm³/mol. The van der Waals surface area contributed by atoms with E-state index in [1.165, 1.54) is 6.42 Å². The number of rotatable bonds is 7. The summed E-state index contributed by atoms with van der Waals surface area (Å²) in [5.41, 5.74) is 5.32. The molecule has 86 valence electrons. The fourth-order valence-electron chi connectivity index (χ4n) is 0.742. The molecule has 0 fully saturated rings. The fourth-order valence-corrected chi connectivity index (χ4v) is 0.742. The molecule has 0 spiro atoms. The van der Waals surface area contributed by atoms with Gasteiger partial charge < -0.3 is 16.4 Å². The Morgan fingerprint density at radius 2 is 1.46 bits per heavy atom. The van der Waals surface area contributed by atoms with Crippen molar-refractivity contribution in [2.24, 2.45) is 5.73 Å². The van der Waals surface area contributed by atoms with Crippen molar-refractivity contribution in [3.63, 3.8) is 0 Å². The molecular weight excluding hydrogens is 183 g/mol. The first-order chi connectivity index (χ1) is 4.91. The summed E-state index contributed by atoms with van der Waals surface area (Å²) in [4.78, 5) is 0. The Balaban J connectivity index is -0.000000135. The van der Waals surface area contributed by atoms with Gasteiger partial charge in [-0.05, 0) is 46.1 Å². The van der Waals surface area contributed by atoms with Crippen LogP contribution in [0.5, 0.6) is 0 Å². The summed E-state index contributed by atoms with van der Waals surface area (Å²) in [6, 6.07) is 0. The minimum Gasteiger partial charge on any atom is -0.330 e. The van der Waals surface area contributed by atoms with Gasteiger partial charge in [0.15, 0.2) is 0 Å². The molecule has 0 aliphatic carbocycles. The van der Waals surface area contributed by atoms with Gasteiger partial charge in [0.1, 0.15) is 0 Å². The van der Waals surface area contributed by atoms with E-state index in [4.69, 9.17) is 5.73 Å². The van der Waals surface area contributed by atoms with Gasteiger partial charge in [-0.2, -0.15) is 0 Å². The van der Waals surface area contributed by atoms with E-state index in [1.54, 1.807) is 0 Å². The van der Waals surface area contributed by atoms with Crippen LogP contribution < -0.4 is 16.4 Å². The van der Waals surface area contributed by atoms with Crippen LogP contribution in [0, 0.1) is 0 Å². The maximum atomic E-state index is 5.32. The van der Waals surface area contributed by atoms with Crippen molar-refractivity contribution in [3.8, 4) is 0 Å². The largest absolute Gasteiger partial charge is 0.330 e. The summed E-state index contributed by atoms with van der Waals surface area (Å²) >= 11 is 0. The van der Waals surface area contributed by atoms with Gasteiger partial charge in [-0.15, -0.1) is 0 Å². The molecule has 0 aromatic heterocycles. The zero-order valence-corrected chi connectivity index (χ0v) is 8.04. The SMILES string of the molecule is CNCCCNCCCN.F.F.F. The Morgan fingerprint density at radius 1 is 0.923 bits per heavy atom. The van der Waals surface area contributed by atoms with Crippen molar-refractivity contribution < 1.29 is 14.1 Å². The van der Waals surface area contributed by atoms with E-state index in [9.17, 15) is 0 Å². The first-order valence-corrected chi connectivity index (χ1v) is 3.97. The molecule has 0 aliphatic heterocycles. The quantitative estimate of drug-likeness (QED) is 0.512. The topological polar surface area (TPSA) is 50.1 Å². The smallest absolute Gasteiger partial charge is 0.00368 e. The number of halogens is 3. The molecule has 3 nitrogen and oxygen atoms in total. The molecule has 0 radical (unpaired) electrons. The van der Waals surface area contributed by atoms with Gasteiger partial charge in [0, 0.05) is 0 Å². The standard InChI is InChI=1S/C7H19N3.3FH/c1-9-5-3-7-10-6-2-4-8;;;/h9-10H,2-8H2,1H3;3*1H. The van der Waals surface area contributed by atoms with Crippen LogP contribution in [-0.2, 0) is 0 Å². The van der Waals surface area contributed by atoms with Gasteiger partial charge in [-0.25, -0.2) is 0 Å². The second-order valence-corrected chi connectivity index (χ2v) is 2.35. The highest BCUT2D eigenvalue weighted by Gasteiger charge is 1.84. The van der Waals surface area contributed by atoms with Gasteiger partial charge in [0.2, 0.25) is 0 Å². The average Bonchev–Trinajstić information content (AvgIpc) is 1.97. The molecule has 6 heteroatoms. The van der Waals surface area contributed by atoms with Gasteiger partial charge >= 0.3 is 0 Å². The van der Waals surface area contributed by atoms with Crippen molar-refractivity contribution in [1.29, 1.82) is 0 Å². The second kappa shape index (κ2) is 22.6. The second-order valence-electron chi connectivity index (χ2n) is 2.35. The van der Waals surface area contributed by atoms with E-state index in [2.05, 4.69) is 10.6 Å². The Hall–Kier alpha value is -0.330. The third-order valence-corrected chi connectivity index (χ3v) is 1.34. The Kier molecular flexibility index (Phi) is 39.9. The Bertz CT molecular complexity index is 58.9. The normalized spacial score (nSPS) is 7.85. The first-order valence-electron chi connectivity index (χ1n) is 3.97. The highest BCUT2D eigenvalue weighted by atomic mass is 19.0. The third-order valence-electron chi connectivity index (χ3n) is 1.34. The zero-order chi connectivity index (χ0) is 7.66. The molecule has 0 amide bonds. The summed E-state index contributed by atoms with van der Waals surface area (Å²) in [6.07, 6.45) is 2.28. The van der Waals surface area contributed by atoms with Crippen LogP contribution in [0.15, 0.2) is 0 Å². The van der Waals surface area contributed by atoms with E-state index < -0.39 is 0 Å². The molecule has 0 rings (SSSR count). The number of nitrogens with one attached hydrogen (secondary N) is 2. The molecule has 4 N–H and O–H groups in total. The predicted octanol–water partition coefficient (Wildman–Crippen LogP) is -0.00820. The number of hydrogen-bond donors (Lipinski definition) is 3.